The highest BCUT2D eigenvalue weighted by atomic mass is 28.3. The van der Waals surface area contributed by atoms with Gasteiger partial charge in [0.05, 0.1) is 16.8 Å². The van der Waals surface area contributed by atoms with Crippen LogP contribution in [-0.4, -0.2) is 14.8 Å². The summed E-state index contributed by atoms with van der Waals surface area (Å²) in [6, 6.07) is 72.3. The van der Waals surface area contributed by atoms with Gasteiger partial charge in [0.25, 0.3) is 6.71 Å². The standard InChI is InChI=1S/C73H72BN3Si/c1-69(2,3)45-29-35-49(36-30-45)75(50-37-31-46(32-38-50)70(4,5)6)51-43-62-66-63(44-51)77-61-26-17-18-27-64(61)78(13,14)65-28-20-24-59(68(65)77)74(66)58-23-19-22-57-67(58)76(62)60-25-16-15-21-56(60)73(57)54-39-33-47(71(7,8)9)41-52(54)53-42-48(72(10,11)12)34-40-55(53)73/h15-44H,1-14H3. The number of hydrogen-bond acceptors (Lipinski definition) is 3. The highest BCUT2D eigenvalue weighted by Gasteiger charge is 2.56. The third-order valence-corrected chi connectivity index (χ3v) is 22.2. The fourth-order valence-corrected chi connectivity index (χ4v) is 17.5. The normalized spacial score (nSPS) is 15.7. The summed E-state index contributed by atoms with van der Waals surface area (Å²) < 4.78 is 0. The van der Waals surface area contributed by atoms with E-state index in [1.807, 2.05) is 0 Å². The Labute approximate surface area is 465 Å². The SMILES string of the molecule is CC(C)(C)c1ccc(N(c2ccc(C(C)(C)C)cc2)c2cc3c4c(c2)N2c5ccccc5[Si](C)(C)c5cccc(c52)B4c2cccc4c2N3c2ccccc2C42c3ccc(C(C)(C)C)cc3-c3cc(C(C)(C)C)ccc32)cc1. The molecule has 5 aliphatic rings. The fourth-order valence-electron chi connectivity index (χ4n) is 14.5. The molecule has 386 valence electrons. The average Bonchev–Trinajstić information content (AvgIpc) is 3.45. The molecule has 0 amide bonds. The Morgan fingerprint density at radius 2 is 0.808 bits per heavy atom. The summed E-state index contributed by atoms with van der Waals surface area (Å²) >= 11 is 0. The van der Waals surface area contributed by atoms with Gasteiger partial charge in [-0.3, -0.25) is 0 Å². The Morgan fingerprint density at radius 1 is 0.372 bits per heavy atom. The van der Waals surface area contributed by atoms with Crippen LogP contribution in [0.3, 0.4) is 0 Å². The van der Waals surface area contributed by atoms with Crippen LogP contribution in [0, 0.1) is 0 Å². The monoisotopic (exact) mass is 1030 g/mol. The molecule has 0 saturated carbocycles. The molecule has 78 heavy (non-hydrogen) atoms. The van der Waals surface area contributed by atoms with Gasteiger partial charge in [0.1, 0.15) is 8.07 Å². The third-order valence-electron chi connectivity index (χ3n) is 18.7. The molecule has 0 N–H and O–H groups in total. The summed E-state index contributed by atoms with van der Waals surface area (Å²) in [5, 5.41) is 2.98. The van der Waals surface area contributed by atoms with E-state index in [4.69, 9.17) is 0 Å². The second-order valence-corrected chi connectivity index (χ2v) is 32.2. The van der Waals surface area contributed by atoms with Crippen LogP contribution in [0.15, 0.2) is 182 Å². The topological polar surface area (TPSA) is 9.72 Å². The molecule has 0 fully saturated rings. The number of para-hydroxylation sites is 4. The Kier molecular flexibility index (Phi) is 10.1. The largest absolute Gasteiger partial charge is 0.312 e. The predicted molar refractivity (Wildman–Crippen MR) is 338 cm³/mol. The Morgan fingerprint density at radius 3 is 1.35 bits per heavy atom. The molecule has 0 radical (unpaired) electrons. The molecule has 0 saturated heterocycles. The molecular weight excluding hydrogens is 958 g/mol. The molecule has 3 nitrogen and oxygen atoms in total. The first kappa shape index (κ1) is 49.0. The lowest BCUT2D eigenvalue weighted by molar-refractivity contribution is 0.589. The minimum absolute atomic E-state index is 0.0147. The minimum atomic E-state index is -2.19. The quantitative estimate of drug-likeness (QED) is 0.163. The zero-order valence-electron chi connectivity index (χ0n) is 48.2. The van der Waals surface area contributed by atoms with Crippen molar-refractivity contribution in [3.8, 4) is 11.1 Å². The van der Waals surface area contributed by atoms with E-state index in [1.165, 1.54) is 117 Å². The van der Waals surface area contributed by atoms with Gasteiger partial charge in [-0.05, 0) is 153 Å². The molecule has 5 heteroatoms. The molecule has 4 heterocycles. The van der Waals surface area contributed by atoms with E-state index in [0.717, 1.165) is 17.1 Å². The molecule has 0 atom stereocenters. The lowest BCUT2D eigenvalue weighted by atomic mass is 9.33. The minimum Gasteiger partial charge on any atom is -0.312 e. The third kappa shape index (κ3) is 6.70. The molecule has 1 aliphatic carbocycles. The Hall–Kier alpha value is -7.34. The Bertz CT molecular complexity index is 3880. The van der Waals surface area contributed by atoms with Crippen LogP contribution in [0.25, 0.3) is 11.1 Å². The van der Waals surface area contributed by atoms with E-state index in [9.17, 15) is 0 Å². The highest BCUT2D eigenvalue weighted by Crippen LogP contribution is 2.65. The zero-order chi connectivity index (χ0) is 54.4. The summed E-state index contributed by atoms with van der Waals surface area (Å²) in [7, 11) is -2.19. The van der Waals surface area contributed by atoms with Crippen molar-refractivity contribution < 1.29 is 0 Å². The predicted octanol–water partition coefficient (Wildman–Crippen LogP) is 16.2. The van der Waals surface area contributed by atoms with Gasteiger partial charge in [0.15, 0.2) is 0 Å². The van der Waals surface area contributed by atoms with Crippen LogP contribution in [-0.2, 0) is 27.1 Å². The fraction of sp³-hybridized carbons (Fsp3) is 0.260. The van der Waals surface area contributed by atoms with E-state index >= 15 is 0 Å². The van der Waals surface area contributed by atoms with Gasteiger partial charge in [-0.15, -0.1) is 0 Å². The maximum absolute atomic E-state index is 2.71. The van der Waals surface area contributed by atoms with Crippen molar-refractivity contribution in [3.63, 3.8) is 0 Å². The smallest absolute Gasteiger partial charge is 0.252 e. The summed E-state index contributed by atoms with van der Waals surface area (Å²) in [5.41, 5.74) is 28.2. The van der Waals surface area contributed by atoms with Gasteiger partial charge >= 0.3 is 0 Å². The molecule has 0 bridgehead atoms. The number of rotatable bonds is 3. The van der Waals surface area contributed by atoms with E-state index < -0.39 is 13.5 Å². The lowest BCUT2D eigenvalue weighted by Gasteiger charge is -2.52. The molecule has 14 rings (SSSR count). The number of hydrogen-bond donors (Lipinski definition) is 0. The van der Waals surface area contributed by atoms with E-state index in [-0.39, 0.29) is 28.4 Å². The second-order valence-electron chi connectivity index (χ2n) is 27.8. The van der Waals surface area contributed by atoms with Crippen molar-refractivity contribution in [2.45, 2.75) is 123 Å². The highest BCUT2D eigenvalue weighted by molar-refractivity contribution is 7.05. The van der Waals surface area contributed by atoms with Crippen LogP contribution in [0.5, 0.6) is 0 Å². The maximum atomic E-state index is 2.71. The van der Waals surface area contributed by atoms with Gasteiger partial charge in [-0.2, -0.15) is 0 Å². The summed E-state index contributed by atoms with van der Waals surface area (Å²) in [6.45, 7) is 33.1. The van der Waals surface area contributed by atoms with Gasteiger partial charge < -0.3 is 14.7 Å². The number of nitrogens with zero attached hydrogens (tertiary/aromatic N) is 3. The van der Waals surface area contributed by atoms with Crippen molar-refractivity contribution in [1.82, 2.24) is 0 Å². The Balaban J connectivity index is 1.11. The average molecular weight is 1030 g/mol. The van der Waals surface area contributed by atoms with Crippen molar-refractivity contribution in [2.24, 2.45) is 0 Å². The molecule has 9 aromatic carbocycles. The molecule has 4 aliphatic heterocycles. The number of benzene rings is 9. The molecular formula is C73H72BN3Si. The van der Waals surface area contributed by atoms with E-state index in [2.05, 4.69) is 293 Å². The first-order valence-corrected chi connectivity index (χ1v) is 31.5. The first-order chi connectivity index (χ1) is 37.0. The van der Waals surface area contributed by atoms with E-state index in [0.29, 0.717) is 0 Å². The van der Waals surface area contributed by atoms with Crippen molar-refractivity contribution in [1.29, 1.82) is 0 Å². The van der Waals surface area contributed by atoms with Crippen LogP contribution in [0.2, 0.25) is 13.1 Å². The first-order valence-electron chi connectivity index (χ1n) is 28.5. The maximum Gasteiger partial charge on any atom is 0.252 e. The van der Waals surface area contributed by atoms with Gasteiger partial charge in [-0.25, -0.2) is 0 Å². The summed E-state index contributed by atoms with van der Waals surface area (Å²) in [5.74, 6) is 0. The number of fused-ring (bicyclic) bond motifs is 15. The van der Waals surface area contributed by atoms with Gasteiger partial charge in [0, 0.05) is 39.8 Å². The van der Waals surface area contributed by atoms with Crippen LogP contribution >= 0.6 is 0 Å². The van der Waals surface area contributed by atoms with Gasteiger partial charge in [0.2, 0.25) is 0 Å². The van der Waals surface area contributed by atoms with E-state index in [1.54, 1.807) is 0 Å². The van der Waals surface area contributed by atoms with Crippen LogP contribution in [0.4, 0.5) is 51.2 Å². The second kappa shape index (κ2) is 16.1. The van der Waals surface area contributed by atoms with Crippen molar-refractivity contribution in [2.75, 3.05) is 14.7 Å². The van der Waals surface area contributed by atoms with Crippen LogP contribution < -0.4 is 41.5 Å². The van der Waals surface area contributed by atoms with Crippen molar-refractivity contribution in [3.05, 3.63) is 226 Å². The zero-order valence-corrected chi connectivity index (χ0v) is 49.2. The molecule has 0 aromatic heterocycles. The number of anilines is 9. The molecule has 0 unspecified atom stereocenters. The molecule has 1 spiro atoms. The van der Waals surface area contributed by atoms with Gasteiger partial charge in [-0.1, -0.05) is 230 Å². The summed E-state index contributed by atoms with van der Waals surface area (Å²) in [6.07, 6.45) is 0. The van der Waals surface area contributed by atoms with Crippen molar-refractivity contribution >= 4 is 92.7 Å². The lowest BCUT2D eigenvalue weighted by Crippen LogP contribution is -2.67. The van der Waals surface area contributed by atoms with Crippen LogP contribution in [0.1, 0.15) is 128 Å². The summed E-state index contributed by atoms with van der Waals surface area (Å²) in [4.78, 5) is 7.93. The molecule has 9 aromatic rings.